The molecule has 0 heterocycles. The summed E-state index contributed by atoms with van der Waals surface area (Å²) >= 11 is 1.75. The molecule has 19 heavy (non-hydrogen) atoms. The molecule has 0 saturated carbocycles. The number of hydrogen-bond donors (Lipinski definition) is 1. The van der Waals surface area contributed by atoms with Crippen molar-refractivity contribution < 1.29 is 9.53 Å². The number of allylic oxidation sites excluding steroid dienone is 1. The maximum atomic E-state index is 11.2. The van der Waals surface area contributed by atoms with Gasteiger partial charge in [0.1, 0.15) is 12.4 Å². The molecule has 0 aliphatic carbocycles. The Morgan fingerprint density at radius 1 is 1.47 bits per heavy atom. The first-order chi connectivity index (χ1) is 9.26. The van der Waals surface area contributed by atoms with E-state index in [9.17, 15) is 4.79 Å². The molecule has 0 radical (unpaired) electrons. The Hall–Kier alpha value is -1.26. The number of hydrogen-bond acceptors (Lipinski definition) is 4. The predicted molar refractivity (Wildman–Crippen MR) is 82.7 cm³/mol. The van der Waals surface area contributed by atoms with Gasteiger partial charge in [-0.25, -0.2) is 0 Å². The molecular formula is C15H21NO2S. The van der Waals surface area contributed by atoms with Crippen molar-refractivity contribution in [2.24, 2.45) is 0 Å². The SMILES string of the molecule is CCC(=O)/C=C/c1cccc(OCCNCSC)c1. The highest BCUT2D eigenvalue weighted by molar-refractivity contribution is 7.98. The fraction of sp³-hybridized carbons (Fsp3) is 0.400. The summed E-state index contributed by atoms with van der Waals surface area (Å²) in [6.45, 7) is 3.32. The minimum atomic E-state index is 0.132. The van der Waals surface area contributed by atoms with E-state index in [4.69, 9.17) is 4.74 Å². The van der Waals surface area contributed by atoms with Crippen molar-refractivity contribution in [3.05, 3.63) is 35.9 Å². The van der Waals surface area contributed by atoms with Gasteiger partial charge in [0.2, 0.25) is 0 Å². The summed E-state index contributed by atoms with van der Waals surface area (Å²) in [5.74, 6) is 1.90. The first-order valence-electron chi connectivity index (χ1n) is 6.39. The minimum absolute atomic E-state index is 0.132. The molecule has 0 aliphatic heterocycles. The van der Waals surface area contributed by atoms with E-state index in [2.05, 4.69) is 11.6 Å². The number of carbonyl (C=O) groups excluding carboxylic acids is 1. The topological polar surface area (TPSA) is 38.3 Å². The van der Waals surface area contributed by atoms with Gasteiger partial charge >= 0.3 is 0 Å². The number of benzene rings is 1. The molecule has 1 N–H and O–H groups in total. The number of ether oxygens (including phenoxy) is 1. The Bertz CT molecular complexity index is 418. The summed E-state index contributed by atoms with van der Waals surface area (Å²) < 4.78 is 5.64. The van der Waals surface area contributed by atoms with Gasteiger partial charge in [-0.3, -0.25) is 4.79 Å². The standard InChI is InChI=1S/C15H21NO2S/c1-3-14(17)8-7-13-5-4-6-15(11-13)18-10-9-16-12-19-2/h4-8,11,16H,3,9-10,12H2,1-2H3/b8-7+. The van der Waals surface area contributed by atoms with Crippen molar-refractivity contribution in [2.45, 2.75) is 13.3 Å². The highest BCUT2D eigenvalue weighted by atomic mass is 32.2. The highest BCUT2D eigenvalue weighted by Gasteiger charge is 1.96. The van der Waals surface area contributed by atoms with E-state index in [1.807, 2.05) is 37.3 Å². The molecule has 0 unspecified atom stereocenters. The lowest BCUT2D eigenvalue weighted by Gasteiger charge is -2.07. The minimum Gasteiger partial charge on any atom is -0.492 e. The molecule has 1 aromatic carbocycles. The quantitative estimate of drug-likeness (QED) is 0.428. The molecule has 0 spiro atoms. The molecule has 0 amide bonds. The van der Waals surface area contributed by atoms with Crippen LogP contribution in [0.5, 0.6) is 5.75 Å². The Morgan fingerprint density at radius 3 is 3.05 bits per heavy atom. The lowest BCUT2D eigenvalue weighted by molar-refractivity contribution is -0.114. The molecule has 0 aliphatic rings. The third-order valence-electron chi connectivity index (χ3n) is 2.46. The zero-order chi connectivity index (χ0) is 13.9. The van der Waals surface area contributed by atoms with Crippen LogP contribution in [-0.2, 0) is 4.79 Å². The van der Waals surface area contributed by atoms with Crippen molar-refractivity contribution in [1.29, 1.82) is 0 Å². The maximum absolute atomic E-state index is 11.2. The van der Waals surface area contributed by atoms with Crippen LogP contribution in [0.1, 0.15) is 18.9 Å². The van der Waals surface area contributed by atoms with E-state index in [1.165, 1.54) is 0 Å². The van der Waals surface area contributed by atoms with Crippen molar-refractivity contribution in [3.8, 4) is 5.75 Å². The van der Waals surface area contributed by atoms with Crippen LogP contribution in [0.4, 0.5) is 0 Å². The Morgan fingerprint density at radius 2 is 2.32 bits per heavy atom. The third-order valence-corrected chi connectivity index (χ3v) is 2.95. The molecule has 0 bridgehead atoms. The molecule has 1 rings (SSSR count). The second-order valence-corrected chi connectivity index (χ2v) is 4.87. The van der Waals surface area contributed by atoms with Crippen molar-refractivity contribution in [3.63, 3.8) is 0 Å². The lowest BCUT2D eigenvalue weighted by Crippen LogP contribution is -2.20. The Balaban J connectivity index is 2.43. The fourth-order valence-electron chi connectivity index (χ4n) is 1.43. The van der Waals surface area contributed by atoms with Crippen LogP contribution in [0.25, 0.3) is 6.08 Å². The van der Waals surface area contributed by atoms with Gasteiger partial charge in [-0.1, -0.05) is 25.1 Å². The van der Waals surface area contributed by atoms with Gasteiger partial charge < -0.3 is 10.1 Å². The summed E-state index contributed by atoms with van der Waals surface area (Å²) in [5.41, 5.74) is 0.983. The van der Waals surface area contributed by atoms with Gasteiger partial charge in [0, 0.05) is 18.8 Å². The monoisotopic (exact) mass is 279 g/mol. The number of nitrogens with one attached hydrogen (secondary N) is 1. The smallest absolute Gasteiger partial charge is 0.155 e. The van der Waals surface area contributed by atoms with E-state index < -0.39 is 0 Å². The van der Waals surface area contributed by atoms with E-state index in [0.717, 1.165) is 23.7 Å². The Kier molecular flexibility index (Phi) is 8.02. The number of ketones is 1. The summed E-state index contributed by atoms with van der Waals surface area (Å²) in [6.07, 6.45) is 6.03. The van der Waals surface area contributed by atoms with Crippen LogP contribution in [0.3, 0.4) is 0 Å². The van der Waals surface area contributed by atoms with Crippen molar-refractivity contribution in [2.75, 3.05) is 25.3 Å². The average Bonchev–Trinajstić information content (AvgIpc) is 2.45. The summed E-state index contributed by atoms with van der Waals surface area (Å²) in [5, 5.41) is 3.25. The number of rotatable bonds is 9. The zero-order valence-electron chi connectivity index (χ0n) is 11.5. The van der Waals surface area contributed by atoms with Gasteiger partial charge in [0.15, 0.2) is 5.78 Å². The van der Waals surface area contributed by atoms with Crippen LogP contribution in [0.2, 0.25) is 0 Å². The van der Waals surface area contributed by atoms with Crippen molar-refractivity contribution >= 4 is 23.6 Å². The first kappa shape index (κ1) is 15.8. The van der Waals surface area contributed by atoms with Crippen LogP contribution >= 0.6 is 11.8 Å². The van der Waals surface area contributed by atoms with Crippen LogP contribution in [-0.4, -0.2) is 31.1 Å². The van der Waals surface area contributed by atoms with E-state index >= 15 is 0 Å². The zero-order valence-corrected chi connectivity index (χ0v) is 12.3. The molecular weight excluding hydrogens is 258 g/mol. The molecule has 0 atom stereocenters. The van der Waals surface area contributed by atoms with Gasteiger partial charge in [0.25, 0.3) is 0 Å². The first-order valence-corrected chi connectivity index (χ1v) is 7.79. The largest absolute Gasteiger partial charge is 0.492 e. The van der Waals surface area contributed by atoms with Gasteiger partial charge in [-0.15, -0.1) is 11.8 Å². The summed E-state index contributed by atoms with van der Waals surface area (Å²) in [6, 6.07) is 7.75. The van der Waals surface area contributed by atoms with Crippen LogP contribution in [0.15, 0.2) is 30.3 Å². The molecule has 3 nitrogen and oxygen atoms in total. The van der Waals surface area contributed by atoms with E-state index in [1.54, 1.807) is 17.8 Å². The second-order valence-electron chi connectivity index (χ2n) is 4.01. The number of carbonyl (C=O) groups is 1. The van der Waals surface area contributed by atoms with E-state index in [0.29, 0.717) is 13.0 Å². The second kappa shape index (κ2) is 9.64. The molecule has 104 valence electrons. The lowest BCUT2D eigenvalue weighted by atomic mass is 10.1. The fourth-order valence-corrected chi connectivity index (χ4v) is 1.78. The Labute approximate surface area is 119 Å². The van der Waals surface area contributed by atoms with Gasteiger partial charge in [-0.05, 0) is 30.0 Å². The van der Waals surface area contributed by atoms with Crippen molar-refractivity contribution in [1.82, 2.24) is 5.32 Å². The molecule has 4 heteroatoms. The van der Waals surface area contributed by atoms with E-state index in [-0.39, 0.29) is 5.78 Å². The summed E-state index contributed by atoms with van der Waals surface area (Å²) in [4.78, 5) is 11.2. The molecule has 0 fully saturated rings. The molecule has 0 aromatic heterocycles. The molecule has 0 saturated heterocycles. The van der Waals surface area contributed by atoms with Crippen LogP contribution < -0.4 is 10.1 Å². The average molecular weight is 279 g/mol. The third kappa shape index (κ3) is 7.03. The van der Waals surface area contributed by atoms with Gasteiger partial charge in [-0.2, -0.15) is 0 Å². The summed E-state index contributed by atoms with van der Waals surface area (Å²) in [7, 11) is 0. The highest BCUT2D eigenvalue weighted by Crippen LogP contribution is 2.14. The predicted octanol–water partition coefficient (Wildman–Crippen LogP) is 2.97. The van der Waals surface area contributed by atoms with Gasteiger partial charge in [0.05, 0.1) is 0 Å². The number of thioether (sulfide) groups is 1. The maximum Gasteiger partial charge on any atom is 0.155 e. The van der Waals surface area contributed by atoms with Crippen LogP contribution in [0, 0.1) is 0 Å². The normalized spacial score (nSPS) is 10.8. The molecule has 1 aromatic rings.